The SMILES string of the molecule is Cc1cccc(C2CCCN2Cc2c(C)nn(CCO)c2C)n1. The van der Waals surface area contributed by atoms with Crippen LogP contribution in [0.4, 0.5) is 0 Å². The summed E-state index contributed by atoms with van der Waals surface area (Å²) in [5, 5.41) is 13.7. The van der Waals surface area contributed by atoms with Crippen LogP contribution in [0.15, 0.2) is 18.2 Å². The lowest BCUT2D eigenvalue weighted by Crippen LogP contribution is -2.24. The van der Waals surface area contributed by atoms with Gasteiger partial charge in [-0.15, -0.1) is 0 Å². The maximum atomic E-state index is 9.17. The topological polar surface area (TPSA) is 54.2 Å². The molecule has 0 bridgehead atoms. The third-order valence-corrected chi connectivity index (χ3v) is 4.82. The molecule has 0 spiro atoms. The van der Waals surface area contributed by atoms with E-state index in [1.54, 1.807) is 0 Å². The molecule has 1 aliphatic rings. The summed E-state index contributed by atoms with van der Waals surface area (Å²) >= 11 is 0. The molecule has 1 N–H and O–H groups in total. The average Bonchev–Trinajstić information content (AvgIpc) is 3.08. The van der Waals surface area contributed by atoms with Crippen LogP contribution in [0, 0.1) is 20.8 Å². The number of likely N-dealkylation sites (tertiary alicyclic amines) is 1. The summed E-state index contributed by atoms with van der Waals surface area (Å²) in [6.45, 7) is 8.91. The van der Waals surface area contributed by atoms with E-state index in [0.29, 0.717) is 12.6 Å². The molecule has 1 aliphatic heterocycles. The molecule has 0 aromatic carbocycles. The van der Waals surface area contributed by atoms with Crippen LogP contribution in [0.1, 0.15) is 47.2 Å². The zero-order valence-corrected chi connectivity index (χ0v) is 14.3. The van der Waals surface area contributed by atoms with Crippen LogP contribution in [0.5, 0.6) is 0 Å². The Labute approximate surface area is 138 Å². The third-order valence-electron chi connectivity index (χ3n) is 4.82. The van der Waals surface area contributed by atoms with E-state index in [1.807, 2.05) is 4.68 Å². The Morgan fingerprint density at radius 3 is 2.83 bits per heavy atom. The molecule has 0 radical (unpaired) electrons. The predicted octanol–water partition coefficient (Wildman–Crippen LogP) is 2.53. The summed E-state index contributed by atoms with van der Waals surface area (Å²) in [5.74, 6) is 0. The highest BCUT2D eigenvalue weighted by Gasteiger charge is 2.28. The second kappa shape index (κ2) is 6.81. The van der Waals surface area contributed by atoms with Gasteiger partial charge in [-0.3, -0.25) is 14.6 Å². The van der Waals surface area contributed by atoms with Gasteiger partial charge in [0.15, 0.2) is 0 Å². The van der Waals surface area contributed by atoms with Gasteiger partial charge in [-0.25, -0.2) is 0 Å². The third kappa shape index (κ3) is 3.31. The number of rotatable bonds is 5. The maximum Gasteiger partial charge on any atom is 0.0644 e. The van der Waals surface area contributed by atoms with Crippen molar-refractivity contribution in [2.45, 2.75) is 52.7 Å². The zero-order valence-electron chi connectivity index (χ0n) is 14.3. The molecule has 3 rings (SSSR count). The number of nitrogens with zero attached hydrogens (tertiary/aromatic N) is 4. The normalized spacial score (nSPS) is 18.7. The van der Waals surface area contributed by atoms with Gasteiger partial charge in [0.25, 0.3) is 0 Å². The van der Waals surface area contributed by atoms with Crippen molar-refractivity contribution < 1.29 is 5.11 Å². The fraction of sp³-hybridized carbons (Fsp3) is 0.556. The molecule has 2 aromatic heterocycles. The first kappa shape index (κ1) is 16.1. The number of pyridine rings is 1. The lowest BCUT2D eigenvalue weighted by Gasteiger charge is -2.24. The molecule has 1 saturated heterocycles. The largest absolute Gasteiger partial charge is 0.394 e. The Morgan fingerprint density at radius 2 is 2.09 bits per heavy atom. The standard InChI is InChI=1S/C18H26N4O/c1-13-6-4-7-17(19-13)18-8-5-9-21(18)12-16-14(2)20-22(10-11-23)15(16)3/h4,6-7,18,23H,5,8-12H2,1-3H3. The molecule has 124 valence electrons. The predicted molar refractivity (Wildman–Crippen MR) is 90.1 cm³/mol. The van der Waals surface area contributed by atoms with Gasteiger partial charge in [0.2, 0.25) is 0 Å². The van der Waals surface area contributed by atoms with Gasteiger partial charge in [-0.05, 0) is 52.3 Å². The summed E-state index contributed by atoms with van der Waals surface area (Å²) in [7, 11) is 0. The summed E-state index contributed by atoms with van der Waals surface area (Å²) in [5.41, 5.74) is 5.79. The van der Waals surface area contributed by atoms with Crippen LogP contribution >= 0.6 is 0 Å². The van der Waals surface area contributed by atoms with Crippen molar-refractivity contribution in [1.29, 1.82) is 0 Å². The van der Waals surface area contributed by atoms with Crippen LogP contribution in [0.25, 0.3) is 0 Å². The monoisotopic (exact) mass is 314 g/mol. The van der Waals surface area contributed by atoms with E-state index in [4.69, 9.17) is 10.1 Å². The highest BCUT2D eigenvalue weighted by Crippen LogP contribution is 2.33. The highest BCUT2D eigenvalue weighted by molar-refractivity contribution is 5.25. The van der Waals surface area contributed by atoms with Gasteiger partial charge in [0.1, 0.15) is 0 Å². The molecular formula is C18H26N4O. The molecule has 5 nitrogen and oxygen atoms in total. The molecular weight excluding hydrogens is 288 g/mol. The van der Waals surface area contributed by atoms with Gasteiger partial charge in [-0.2, -0.15) is 5.10 Å². The van der Waals surface area contributed by atoms with Crippen molar-refractivity contribution in [3.63, 3.8) is 0 Å². The lowest BCUT2D eigenvalue weighted by atomic mass is 10.1. The summed E-state index contributed by atoms with van der Waals surface area (Å²) < 4.78 is 1.92. The minimum Gasteiger partial charge on any atom is -0.394 e. The smallest absolute Gasteiger partial charge is 0.0644 e. The van der Waals surface area contributed by atoms with Gasteiger partial charge < -0.3 is 5.11 Å². The lowest BCUT2D eigenvalue weighted by molar-refractivity contribution is 0.242. The van der Waals surface area contributed by atoms with Gasteiger partial charge in [-0.1, -0.05) is 6.07 Å². The number of aliphatic hydroxyl groups is 1. The minimum atomic E-state index is 0.126. The van der Waals surface area contributed by atoms with Crippen molar-refractivity contribution in [1.82, 2.24) is 19.7 Å². The quantitative estimate of drug-likeness (QED) is 0.921. The number of aliphatic hydroxyl groups excluding tert-OH is 1. The summed E-state index contributed by atoms with van der Waals surface area (Å²) in [6, 6.07) is 6.69. The Bertz CT molecular complexity index is 680. The van der Waals surface area contributed by atoms with Crippen molar-refractivity contribution in [2.24, 2.45) is 0 Å². The highest BCUT2D eigenvalue weighted by atomic mass is 16.3. The van der Waals surface area contributed by atoms with Crippen molar-refractivity contribution in [3.05, 3.63) is 46.5 Å². The van der Waals surface area contributed by atoms with Gasteiger partial charge in [0.05, 0.1) is 30.6 Å². The first-order valence-corrected chi connectivity index (χ1v) is 8.41. The molecule has 1 unspecified atom stereocenters. The second-order valence-corrected chi connectivity index (χ2v) is 6.43. The molecule has 0 aliphatic carbocycles. The van der Waals surface area contributed by atoms with E-state index in [9.17, 15) is 0 Å². The van der Waals surface area contributed by atoms with Crippen LogP contribution in [-0.4, -0.2) is 37.9 Å². The zero-order chi connectivity index (χ0) is 16.4. The van der Waals surface area contributed by atoms with E-state index in [0.717, 1.165) is 24.5 Å². The first-order chi connectivity index (χ1) is 11.1. The number of aryl methyl sites for hydroxylation is 2. The molecule has 0 amide bonds. The van der Waals surface area contributed by atoms with Gasteiger partial charge in [0, 0.05) is 23.5 Å². The molecule has 5 heteroatoms. The fourth-order valence-corrected chi connectivity index (χ4v) is 3.58. The first-order valence-electron chi connectivity index (χ1n) is 8.41. The average molecular weight is 314 g/mol. The molecule has 2 aromatic rings. The Balaban J connectivity index is 1.82. The van der Waals surface area contributed by atoms with Gasteiger partial charge >= 0.3 is 0 Å². The summed E-state index contributed by atoms with van der Waals surface area (Å²) in [4.78, 5) is 7.25. The van der Waals surface area contributed by atoms with Crippen molar-refractivity contribution in [2.75, 3.05) is 13.2 Å². The van der Waals surface area contributed by atoms with Crippen LogP contribution < -0.4 is 0 Å². The van der Waals surface area contributed by atoms with Crippen LogP contribution in [-0.2, 0) is 13.1 Å². The van der Waals surface area contributed by atoms with E-state index < -0.39 is 0 Å². The number of aromatic nitrogens is 3. The van der Waals surface area contributed by atoms with E-state index in [2.05, 4.69) is 49.0 Å². The molecule has 23 heavy (non-hydrogen) atoms. The van der Waals surface area contributed by atoms with E-state index >= 15 is 0 Å². The number of hydrogen-bond acceptors (Lipinski definition) is 4. The van der Waals surface area contributed by atoms with E-state index in [-0.39, 0.29) is 6.61 Å². The van der Waals surface area contributed by atoms with E-state index in [1.165, 1.54) is 29.8 Å². The molecule has 3 heterocycles. The Morgan fingerprint density at radius 1 is 1.26 bits per heavy atom. The van der Waals surface area contributed by atoms with Crippen molar-refractivity contribution >= 4 is 0 Å². The second-order valence-electron chi connectivity index (χ2n) is 6.43. The minimum absolute atomic E-state index is 0.126. The Hall–Kier alpha value is -1.72. The Kier molecular flexibility index (Phi) is 4.78. The molecule has 1 atom stereocenters. The number of hydrogen-bond donors (Lipinski definition) is 1. The molecule has 0 saturated carbocycles. The summed E-state index contributed by atoms with van der Waals surface area (Å²) in [6.07, 6.45) is 2.38. The maximum absolute atomic E-state index is 9.17. The van der Waals surface area contributed by atoms with Crippen LogP contribution in [0.2, 0.25) is 0 Å². The fourth-order valence-electron chi connectivity index (χ4n) is 3.58. The molecule has 1 fully saturated rings. The van der Waals surface area contributed by atoms with Crippen molar-refractivity contribution in [3.8, 4) is 0 Å². The van der Waals surface area contributed by atoms with Crippen LogP contribution in [0.3, 0.4) is 0 Å².